The van der Waals surface area contributed by atoms with E-state index in [1.807, 2.05) is 23.3 Å². The van der Waals surface area contributed by atoms with Gasteiger partial charge in [0.1, 0.15) is 5.82 Å². The van der Waals surface area contributed by atoms with Crippen LogP contribution >= 0.6 is 46.3 Å². The van der Waals surface area contributed by atoms with Crippen LogP contribution in [0.5, 0.6) is 0 Å². The van der Waals surface area contributed by atoms with Gasteiger partial charge in [-0.3, -0.25) is 3.97 Å². The van der Waals surface area contributed by atoms with Crippen molar-refractivity contribution in [2.24, 2.45) is 0 Å². The summed E-state index contributed by atoms with van der Waals surface area (Å²) in [6.07, 6.45) is 3.83. The molecule has 68 valence electrons. The molecule has 2 aromatic heterocycles. The lowest BCUT2D eigenvalue weighted by atomic mass is 10.4. The van der Waals surface area contributed by atoms with Gasteiger partial charge in [-0.15, -0.1) is 0 Å². The highest BCUT2D eigenvalue weighted by Gasteiger charge is 2.07. The number of aromatic nitrogens is 3. The predicted octanol–water partition coefficient (Wildman–Crippen LogP) is 3.35. The van der Waals surface area contributed by atoms with Crippen molar-refractivity contribution in [2.45, 2.75) is 6.92 Å². The Morgan fingerprint density at radius 3 is 3.08 bits per heavy atom. The molecule has 0 N–H and O–H groups in total. The van der Waals surface area contributed by atoms with Crippen molar-refractivity contribution in [2.75, 3.05) is 0 Å². The maximum Gasteiger partial charge on any atom is 0.155 e. The van der Waals surface area contributed by atoms with E-state index >= 15 is 0 Å². The Bertz CT molecular complexity index is 456. The molecule has 0 saturated carbocycles. The Morgan fingerprint density at radius 1 is 1.62 bits per heavy atom. The average molecular weight is 370 g/mol. The number of hydrogen-bond acceptors (Lipinski definition) is 3. The molecule has 0 fully saturated rings. The van der Waals surface area contributed by atoms with Crippen LogP contribution in [-0.2, 0) is 0 Å². The van der Waals surface area contributed by atoms with Gasteiger partial charge in [0.25, 0.3) is 0 Å². The molecule has 0 aliphatic carbocycles. The molecule has 0 bridgehead atoms. The van der Waals surface area contributed by atoms with Crippen LogP contribution in [0.25, 0.3) is 11.0 Å². The molecule has 0 unspecified atom stereocenters. The third kappa shape index (κ3) is 1.71. The Hall–Kier alpha value is 0.180. The van der Waals surface area contributed by atoms with E-state index in [0.717, 1.165) is 21.3 Å². The maximum atomic E-state index is 4.36. The van der Waals surface area contributed by atoms with Gasteiger partial charge >= 0.3 is 0 Å². The lowest BCUT2D eigenvalue weighted by Gasteiger charge is -1.96. The third-order valence-corrected chi connectivity index (χ3v) is 3.99. The molecule has 2 rings (SSSR count). The minimum absolute atomic E-state index is 0.796. The summed E-state index contributed by atoms with van der Waals surface area (Å²) in [6.45, 7) is 1.89. The van der Waals surface area contributed by atoms with Gasteiger partial charge in [-0.2, -0.15) is 0 Å². The number of rotatable bonds is 1. The first-order chi connectivity index (χ1) is 6.22. The van der Waals surface area contributed by atoms with Crippen LogP contribution in [-0.4, -0.2) is 13.9 Å². The van der Waals surface area contributed by atoms with Crippen LogP contribution in [0, 0.1) is 6.92 Å². The van der Waals surface area contributed by atoms with Gasteiger partial charge in [0, 0.05) is 47.2 Å². The third-order valence-electron chi connectivity index (χ3n) is 1.66. The topological polar surface area (TPSA) is 30.7 Å². The van der Waals surface area contributed by atoms with Crippen molar-refractivity contribution >= 4 is 57.3 Å². The van der Waals surface area contributed by atoms with Gasteiger partial charge < -0.3 is 0 Å². The van der Waals surface area contributed by atoms with E-state index in [9.17, 15) is 0 Å². The minimum atomic E-state index is 0.796. The van der Waals surface area contributed by atoms with E-state index in [4.69, 9.17) is 0 Å². The number of hydrogen-bond donors (Lipinski definition) is 0. The van der Waals surface area contributed by atoms with Gasteiger partial charge in [0.05, 0.1) is 5.39 Å². The summed E-state index contributed by atoms with van der Waals surface area (Å²) < 4.78 is 3.04. The fourth-order valence-electron chi connectivity index (χ4n) is 1.08. The van der Waals surface area contributed by atoms with Crippen LogP contribution in [0.15, 0.2) is 16.9 Å². The van der Waals surface area contributed by atoms with Crippen molar-refractivity contribution in [3.8, 4) is 0 Å². The zero-order valence-electron chi connectivity index (χ0n) is 6.66. The first kappa shape index (κ1) is 9.72. The Balaban J connectivity index is 2.81. The number of halogens is 2. The standard InChI is InChI=1S/C7H5BrIN3S/c1-4-10-2-5-6(8)3-12(13-9)7(5)11-4/h2-3H,1H3. The molecule has 6 heteroatoms. The second-order valence-corrected chi connectivity index (χ2v) is 5.09. The molecule has 0 saturated heterocycles. The highest BCUT2D eigenvalue weighted by Crippen LogP contribution is 2.29. The number of fused-ring (bicyclic) bond motifs is 1. The second-order valence-electron chi connectivity index (χ2n) is 2.53. The highest BCUT2D eigenvalue weighted by molar-refractivity contribution is 14.2. The van der Waals surface area contributed by atoms with Crippen LogP contribution in [0.4, 0.5) is 0 Å². The van der Waals surface area contributed by atoms with E-state index in [-0.39, 0.29) is 0 Å². The summed E-state index contributed by atoms with van der Waals surface area (Å²) in [4.78, 5) is 8.51. The van der Waals surface area contributed by atoms with Crippen molar-refractivity contribution in [3.63, 3.8) is 0 Å². The van der Waals surface area contributed by atoms with Gasteiger partial charge in [-0.1, -0.05) is 0 Å². The zero-order valence-corrected chi connectivity index (χ0v) is 11.2. The monoisotopic (exact) mass is 369 g/mol. The number of nitrogens with zero attached hydrogens (tertiary/aromatic N) is 3. The van der Waals surface area contributed by atoms with Crippen molar-refractivity contribution < 1.29 is 0 Å². The molecule has 3 nitrogen and oxygen atoms in total. The first-order valence-corrected chi connectivity index (χ1v) is 7.62. The van der Waals surface area contributed by atoms with Crippen LogP contribution in [0.1, 0.15) is 5.82 Å². The molecule has 2 aromatic rings. The first-order valence-electron chi connectivity index (χ1n) is 3.51. The fourth-order valence-corrected chi connectivity index (χ4v) is 2.95. The normalized spacial score (nSPS) is 11.0. The smallest absolute Gasteiger partial charge is 0.155 e. The van der Waals surface area contributed by atoms with E-state index < -0.39 is 0 Å². The highest BCUT2D eigenvalue weighted by atomic mass is 127. The molecule has 0 aliphatic rings. The Kier molecular flexibility index (Phi) is 2.80. The SMILES string of the molecule is Cc1ncc2c(Br)cn(SI)c2n1. The Labute approximate surface area is 100 Å². The van der Waals surface area contributed by atoms with Crippen molar-refractivity contribution in [3.05, 3.63) is 22.7 Å². The quantitative estimate of drug-likeness (QED) is 0.722. The molecule has 0 atom stereocenters. The van der Waals surface area contributed by atoms with Crippen LogP contribution < -0.4 is 0 Å². The van der Waals surface area contributed by atoms with Crippen LogP contribution in [0.3, 0.4) is 0 Å². The molecule has 0 spiro atoms. The van der Waals surface area contributed by atoms with Gasteiger partial charge in [0.15, 0.2) is 5.65 Å². The van der Waals surface area contributed by atoms with Crippen molar-refractivity contribution in [1.29, 1.82) is 0 Å². The van der Waals surface area contributed by atoms with E-state index in [0.29, 0.717) is 0 Å². The Morgan fingerprint density at radius 2 is 2.38 bits per heavy atom. The molecule has 2 heterocycles. The molecule has 0 amide bonds. The molecule has 0 aromatic carbocycles. The molecule has 0 aliphatic heterocycles. The average Bonchev–Trinajstić information content (AvgIpc) is 2.42. The van der Waals surface area contributed by atoms with Gasteiger partial charge in [-0.05, 0) is 22.9 Å². The van der Waals surface area contributed by atoms with Gasteiger partial charge in [0.2, 0.25) is 0 Å². The lowest BCUT2D eigenvalue weighted by Crippen LogP contribution is -1.89. The summed E-state index contributed by atoms with van der Waals surface area (Å²) >= 11 is 5.69. The van der Waals surface area contributed by atoms with E-state index in [2.05, 4.69) is 47.1 Å². The summed E-state index contributed by atoms with van der Waals surface area (Å²) in [5, 5.41) is 1.05. The maximum absolute atomic E-state index is 4.36. The summed E-state index contributed by atoms with van der Waals surface area (Å²) in [6, 6.07) is 0. The summed E-state index contributed by atoms with van der Waals surface area (Å²) in [5.41, 5.74) is 0.957. The van der Waals surface area contributed by atoms with Crippen molar-refractivity contribution in [1.82, 2.24) is 13.9 Å². The molecular weight excluding hydrogens is 365 g/mol. The summed E-state index contributed by atoms with van der Waals surface area (Å²) in [7, 11) is 1.59. The second kappa shape index (κ2) is 3.74. The van der Waals surface area contributed by atoms with Gasteiger partial charge in [-0.25, -0.2) is 9.97 Å². The van der Waals surface area contributed by atoms with E-state index in [1.54, 1.807) is 9.12 Å². The molecular formula is C7H5BrIN3S. The minimum Gasteiger partial charge on any atom is -0.265 e. The predicted molar refractivity (Wildman–Crippen MR) is 67.0 cm³/mol. The molecule has 13 heavy (non-hydrogen) atoms. The largest absolute Gasteiger partial charge is 0.265 e. The number of aryl methyl sites for hydroxylation is 1. The fraction of sp³-hybridized carbons (Fsp3) is 0.143. The molecule has 0 radical (unpaired) electrons. The summed E-state index contributed by atoms with van der Waals surface area (Å²) in [5.74, 6) is 0.796. The lowest BCUT2D eigenvalue weighted by molar-refractivity contribution is 1.07. The van der Waals surface area contributed by atoms with E-state index in [1.165, 1.54) is 0 Å². The zero-order chi connectivity index (χ0) is 9.42. The van der Waals surface area contributed by atoms with Crippen LogP contribution in [0.2, 0.25) is 0 Å².